The molecule has 0 aliphatic carbocycles. The standard InChI is InChI=1S/C29H29N7O3S2/c1-18-10-11-21-22(7-3-9-25(21)36-41(37,38)26-17-33-19(2)40-26)27(18)39-28-23(8-5-14-31-28)24-12-15-32-29(35-24)34-20-6-4-13-30-16-20/h3,5,7-12,14-15,17,20,30,36H,4,6,13,16H2,1-2H3,(H,32,34,35). The number of rotatable bonds is 8. The highest BCUT2D eigenvalue weighted by Crippen LogP contribution is 2.39. The van der Waals surface area contributed by atoms with Gasteiger partial charge in [-0.3, -0.25) is 4.72 Å². The Morgan fingerprint density at radius 2 is 1.90 bits per heavy atom. The van der Waals surface area contributed by atoms with Crippen LogP contribution in [0.3, 0.4) is 0 Å². The molecule has 1 saturated heterocycles. The van der Waals surface area contributed by atoms with E-state index in [4.69, 9.17) is 9.72 Å². The van der Waals surface area contributed by atoms with Crippen molar-refractivity contribution in [2.75, 3.05) is 23.1 Å². The van der Waals surface area contributed by atoms with Crippen molar-refractivity contribution in [1.29, 1.82) is 0 Å². The molecule has 210 valence electrons. The number of aryl methyl sites for hydroxylation is 2. The van der Waals surface area contributed by atoms with E-state index < -0.39 is 10.0 Å². The van der Waals surface area contributed by atoms with E-state index in [-0.39, 0.29) is 10.3 Å². The summed E-state index contributed by atoms with van der Waals surface area (Å²) in [6, 6.07) is 15.1. The van der Waals surface area contributed by atoms with Crippen molar-refractivity contribution in [2.24, 2.45) is 0 Å². The van der Waals surface area contributed by atoms with Gasteiger partial charge in [-0.2, -0.15) is 0 Å². The van der Waals surface area contributed by atoms with Gasteiger partial charge in [-0.05, 0) is 63.1 Å². The highest BCUT2D eigenvalue weighted by Gasteiger charge is 2.21. The molecule has 1 aliphatic heterocycles. The van der Waals surface area contributed by atoms with Crippen LogP contribution in [0.15, 0.2) is 71.3 Å². The van der Waals surface area contributed by atoms with Crippen LogP contribution >= 0.6 is 11.3 Å². The average Bonchev–Trinajstić information content (AvgIpc) is 3.43. The molecule has 3 N–H and O–H groups in total. The van der Waals surface area contributed by atoms with Gasteiger partial charge in [0.2, 0.25) is 11.8 Å². The molecule has 1 unspecified atom stereocenters. The Morgan fingerprint density at radius 1 is 1.00 bits per heavy atom. The molecule has 0 radical (unpaired) electrons. The van der Waals surface area contributed by atoms with E-state index in [9.17, 15) is 8.42 Å². The van der Waals surface area contributed by atoms with Crippen LogP contribution in [0.5, 0.6) is 11.6 Å². The number of benzene rings is 2. The number of aromatic nitrogens is 4. The monoisotopic (exact) mass is 587 g/mol. The second-order valence-corrected chi connectivity index (χ2v) is 13.0. The summed E-state index contributed by atoms with van der Waals surface area (Å²) in [5.41, 5.74) is 2.72. The lowest BCUT2D eigenvalue weighted by Crippen LogP contribution is -2.38. The Morgan fingerprint density at radius 3 is 2.71 bits per heavy atom. The fourth-order valence-corrected chi connectivity index (χ4v) is 7.01. The van der Waals surface area contributed by atoms with Gasteiger partial charge in [0.1, 0.15) is 5.75 Å². The predicted molar refractivity (Wildman–Crippen MR) is 161 cm³/mol. The molecule has 3 aromatic heterocycles. The average molecular weight is 588 g/mol. The zero-order valence-corrected chi connectivity index (χ0v) is 24.2. The highest BCUT2D eigenvalue weighted by molar-refractivity contribution is 7.94. The Balaban J connectivity index is 1.33. The molecule has 41 heavy (non-hydrogen) atoms. The van der Waals surface area contributed by atoms with Gasteiger partial charge in [-0.25, -0.2) is 28.4 Å². The molecule has 0 amide bonds. The molecule has 0 bridgehead atoms. The summed E-state index contributed by atoms with van der Waals surface area (Å²) >= 11 is 1.12. The van der Waals surface area contributed by atoms with Gasteiger partial charge in [-0.1, -0.05) is 24.3 Å². The van der Waals surface area contributed by atoms with E-state index in [1.807, 2.05) is 43.3 Å². The summed E-state index contributed by atoms with van der Waals surface area (Å²) in [7, 11) is -3.79. The van der Waals surface area contributed by atoms with Gasteiger partial charge in [0, 0.05) is 35.8 Å². The van der Waals surface area contributed by atoms with Crippen molar-refractivity contribution in [3.8, 4) is 22.9 Å². The number of anilines is 2. The van der Waals surface area contributed by atoms with Gasteiger partial charge >= 0.3 is 0 Å². The third kappa shape index (κ3) is 5.85. The number of hydrogen-bond acceptors (Lipinski definition) is 10. The van der Waals surface area contributed by atoms with Crippen LogP contribution in [-0.2, 0) is 10.0 Å². The first-order valence-electron chi connectivity index (χ1n) is 13.3. The number of thiazole rings is 1. The van der Waals surface area contributed by atoms with E-state index in [0.717, 1.165) is 48.2 Å². The third-order valence-corrected chi connectivity index (χ3v) is 9.59. The number of sulfonamides is 1. The number of nitrogens with zero attached hydrogens (tertiary/aromatic N) is 4. The van der Waals surface area contributed by atoms with Crippen molar-refractivity contribution in [1.82, 2.24) is 25.3 Å². The maximum Gasteiger partial charge on any atom is 0.273 e. The summed E-state index contributed by atoms with van der Waals surface area (Å²) < 4.78 is 35.5. The van der Waals surface area contributed by atoms with Crippen LogP contribution in [0.1, 0.15) is 23.4 Å². The molecule has 4 heterocycles. The molecule has 1 fully saturated rings. The van der Waals surface area contributed by atoms with Crippen LogP contribution in [-0.4, -0.2) is 47.5 Å². The van der Waals surface area contributed by atoms with E-state index in [2.05, 4.69) is 30.3 Å². The second-order valence-electron chi connectivity index (χ2n) is 9.83. The first-order valence-corrected chi connectivity index (χ1v) is 15.6. The van der Waals surface area contributed by atoms with Gasteiger partial charge in [0.25, 0.3) is 10.0 Å². The van der Waals surface area contributed by atoms with Crippen molar-refractivity contribution in [3.63, 3.8) is 0 Å². The lowest BCUT2D eigenvalue weighted by molar-refractivity contribution is 0.466. The fraction of sp³-hybridized carbons (Fsp3) is 0.241. The number of hydrogen-bond donors (Lipinski definition) is 3. The quantitative estimate of drug-likeness (QED) is 0.215. The largest absolute Gasteiger partial charge is 0.437 e. The maximum absolute atomic E-state index is 13.1. The van der Waals surface area contributed by atoms with E-state index >= 15 is 0 Å². The van der Waals surface area contributed by atoms with Crippen molar-refractivity contribution in [2.45, 2.75) is 36.9 Å². The molecule has 5 aromatic rings. The number of pyridine rings is 1. The molecule has 1 atom stereocenters. The summed E-state index contributed by atoms with van der Waals surface area (Å²) in [5.74, 6) is 1.52. The fourth-order valence-electron chi connectivity index (χ4n) is 4.82. The first-order chi connectivity index (χ1) is 19.9. The molecule has 10 nitrogen and oxygen atoms in total. The Bertz CT molecular complexity index is 1820. The molecule has 1 aliphatic rings. The Labute approximate surface area is 242 Å². The highest BCUT2D eigenvalue weighted by atomic mass is 32.2. The topological polar surface area (TPSA) is 131 Å². The molecular weight excluding hydrogens is 558 g/mol. The minimum absolute atomic E-state index is 0.159. The number of piperidine rings is 1. The van der Waals surface area contributed by atoms with Gasteiger partial charge in [0.15, 0.2) is 4.21 Å². The minimum atomic E-state index is -3.79. The van der Waals surface area contributed by atoms with Crippen molar-refractivity contribution < 1.29 is 13.2 Å². The maximum atomic E-state index is 13.1. The molecule has 12 heteroatoms. The van der Waals surface area contributed by atoms with Crippen LogP contribution in [0.25, 0.3) is 22.0 Å². The number of fused-ring (bicyclic) bond motifs is 1. The van der Waals surface area contributed by atoms with Crippen LogP contribution < -0.4 is 20.1 Å². The second kappa shape index (κ2) is 11.4. The number of nitrogens with one attached hydrogen (secondary N) is 3. The van der Waals surface area contributed by atoms with E-state index in [1.54, 1.807) is 31.5 Å². The lowest BCUT2D eigenvalue weighted by atomic mass is 10.0. The summed E-state index contributed by atoms with van der Waals surface area (Å²) in [5, 5.41) is 8.95. The zero-order chi connectivity index (χ0) is 28.4. The molecule has 0 saturated carbocycles. The van der Waals surface area contributed by atoms with Crippen molar-refractivity contribution >= 4 is 43.8 Å². The van der Waals surface area contributed by atoms with E-state index in [0.29, 0.717) is 44.9 Å². The molecule has 6 rings (SSSR count). The summed E-state index contributed by atoms with van der Waals surface area (Å²) in [4.78, 5) is 17.8. The predicted octanol–water partition coefficient (Wildman–Crippen LogP) is 5.52. The normalized spacial score (nSPS) is 15.5. The summed E-state index contributed by atoms with van der Waals surface area (Å²) in [6.45, 7) is 5.62. The van der Waals surface area contributed by atoms with Gasteiger partial charge in [0.05, 0.1) is 28.1 Å². The van der Waals surface area contributed by atoms with Crippen LogP contribution in [0.2, 0.25) is 0 Å². The molecular formula is C29H29N7O3S2. The molecule has 2 aromatic carbocycles. The third-order valence-electron chi connectivity index (χ3n) is 6.85. The van der Waals surface area contributed by atoms with E-state index in [1.165, 1.54) is 6.20 Å². The zero-order valence-electron chi connectivity index (χ0n) is 22.6. The molecule has 0 spiro atoms. The number of ether oxygens (including phenoxy) is 1. The smallest absolute Gasteiger partial charge is 0.273 e. The van der Waals surface area contributed by atoms with Crippen LogP contribution in [0, 0.1) is 13.8 Å². The minimum Gasteiger partial charge on any atom is -0.437 e. The van der Waals surface area contributed by atoms with Crippen LogP contribution in [0.4, 0.5) is 11.6 Å². The Hall–Kier alpha value is -4.13. The van der Waals surface area contributed by atoms with Gasteiger partial charge in [-0.15, -0.1) is 11.3 Å². The SMILES string of the molecule is Cc1ncc(S(=O)(=O)Nc2cccc3c(Oc4ncccc4-c4ccnc(NC5CCCNC5)n4)c(C)ccc23)s1. The van der Waals surface area contributed by atoms with Crippen molar-refractivity contribution in [3.05, 3.63) is 77.7 Å². The van der Waals surface area contributed by atoms with Gasteiger partial charge < -0.3 is 15.4 Å². The summed E-state index contributed by atoms with van der Waals surface area (Å²) in [6.07, 6.45) is 6.93. The Kier molecular flexibility index (Phi) is 7.52. The lowest BCUT2D eigenvalue weighted by Gasteiger charge is -2.23. The first kappa shape index (κ1) is 27.1.